The molecule has 0 radical (unpaired) electrons. The minimum Gasteiger partial charge on any atom is -0.489 e. The van der Waals surface area contributed by atoms with Crippen LogP contribution in [0.25, 0.3) is 0 Å². The van der Waals surface area contributed by atoms with E-state index >= 15 is 0 Å². The lowest BCUT2D eigenvalue weighted by Crippen LogP contribution is -2.16. The third kappa shape index (κ3) is 5.12. The van der Waals surface area contributed by atoms with Crippen molar-refractivity contribution < 1.29 is 14.1 Å². The Morgan fingerprint density at radius 1 is 1.12 bits per heavy atom. The molecule has 0 aliphatic heterocycles. The summed E-state index contributed by atoms with van der Waals surface area (Å²) in [5.74, 6) is 1.19. The first-order chi connectivity index (χ1) is 15.4. The lowest BCUT2D eigenvalue weighted by molar-refractivity contribution is 0.101. The standard InChI is InChI=1S/C23H20Cl2N4O3/c1-14-4-3-5-17(10-14)31-13-18-15(2)32-28-22(18)23(30)26-21-8-9-29(27-21)12-16-6-7-19(24)20(25)11-16/h3-11H,12-13H2,1-2H3,(H,26,27,30). The summed E-state index contributed by atoms with van der Waals surface area (Å²) in [6.45, 7) is 4.36. The second-order valence-corrected chi connectivity index (χ2v) is 8.09. The number of ether oxygens (including phenoxy) is 1. The summed E-state index contributed by atoms with van der Waals surface area (Å²) < 4.78 is 12.7. The van der Waals surface area contributed by atoms with Crippen LogP contribution in [-0.4, -0.2) is 20.8 Å². The number of carbonyl (C=O) groups is 1. The quantitative estimate of drug-likeness (QED) is 0.375. The maximum absolute atomic E-state index is 12.8. The van der Waals surface area contributed by atoms with Crippen LogP contribution in [0.2, 0.25) is 10.0 Å². The topological polar surface area (TPSA) is 82.2 Å². The highest BCUT2D eigenvalue weighted by Crippen LogP contribution is 2.23. The predicted octanol–water partition coefficient (Wildman–Crippen LogP) is 5.67. The zero-order valence-corrected chi connectivity index (χ0v) is 18.9. The number of benzene rings is 2. The molecule has 4 rings (SSSR count). The van der Waals surface area contributed by atoms with Crippen molar-refractivity contribution in [3.05, 3.63) is 92.9 Å². The Morgan fingerprint density at radius 2 is 1.97 bits per heavy atom. The zero-order chi connectivity index (χ0) is 22.7. The number of nitrogens with zero attached hydrogens (tertiary/aromatic N) is 3. The van der Waals surface area contributed by atoms with E-state index in [1.165, 1.54) is 0 Å². The fourth-order valence-electron chi connectivity index (χ4n) is 3.12. The number of nitrogens with one attached hydrogen (secondary N) is 1. The van der Waals surface area contributed by atoms with Crippen LogP contribution in [0.5, 0.6) is 5.75 Å². The molecule has 0 atom stereocenters. The lowest BCUT2D eigenvalue weighted by atomic mass is 10.2. The molecule has 164 valence electrons. The van der Waals surface area contributed by atoms with Gasteiger partial charge in [-0.3, -0.25) is 9.48 Å². The number of halogens is 2. The molecule has 0 saturated heterocycles. The molecule has 0 aliphatic carbocycles. The largest absolute Gasteiger partial charge is 0.489 e. The fraction of sp³-hybridized carbons (Fsp3) is 0.174. The number of aromatic nitrogens is 3. The summed E-state index contributed by atoms with van der Waals surface area (Å²) >= 11 is 12.0. The Labute approximate surface area is 194 Å². The maximum atomic E-state index is 12.8. The average molecular weight is 471 g/mol. The number of carbonyl (C=O) groups excluding carboxylic acids is 1. The summed E-state index contributed by atoms with van der Waals surface area (Å²) in [5.41, 5.74) is 2.76. The molecule has 0 spiro atoms. The van der Waals surface area contributed by atoms with Gasteiger partial charge < -0.3 is 14.6 Å². The van der Waals surface area contributed by atoms with Gasteiger partial charge in [0.1, 0.15) is 18.1 Å². The molecule has 0 saturated carbocycles. The Morgan fingerprint density at radius 3 is 2.75 bits per heavy atom. The molecule has 1 N–H and O–H groups in total. The van der Waals surface area contributed by atoms with Crippen molar-refractivity contribution in [1.82, 2.24) is 14.9 Å². The monoisotopic (exact) mass is 470 g/mol. The normalized spacial score (nSPS) is 10.9. The summed E-state index contributed by atoms with van der Waals surface area (Å²) in [5, 5.41) is 12.0. The molecule has 2 aromatic carbocycles. The average Bonchev–Trinajstić information content (AvgIpc) is 3.35. The predicted molar refractivity (Wildman–Crippen MR) is 122 cm³/mol. The third-order valence-corrected chi connectivity index (χ3v) is 5.52. The summed E-state index contributed by atoms with van der Waals surface area (Å²) in [6.07, 6.45) is 1.76. The molecule has 7 nitrogen and oxygen atoms in total. The minimum atomic E-state index is -0.426. The number of hydrogen-bond acceptors (Lipinski definition) is 5. The van der Waals surface area contributed by atoms with E-state index in [-0.39, 0.29) is 12.3 Å². The van der Waals surface area contributed by atoms with Crippen molar-refractivity contribution in [2.45, 2.75) is 27.0 Å². The van der Waals surface area contributed by atoms with Gasteiger partial charge in [-0.1, -0.05) is 46.6 Å². The first-order valence-corrected chi connectivity index (χ1v) is 10.6. The van der Waals surface area contributed by atoms with Crippen LogP contribution in [0.1, 0.15) is 32.9 Å². The first-order valence-electron chi connectivity index (χ1n) is 9.82. The van der Waals surface area contributed by atoms with Gasteiger partial charge in [-0.05, 0) is 49.2 Å². The van der Waals surface area contributed by atoms with E-state index in [0.717, 1.165) is 11.1 Å². The van der Waals surface area contributed by atoms with Gasteiger partial charge in [0.05, 0.1) is 22.2 Å². The molecule has 2 aromatic heterocycles. The molecule has 0 fully saturated rings. The van der Waals surface area contributed by atoms with Crippen molar-refractivity contribution in [3.63, 3.8) is 0 Å². The molecule has 0 unspecified atom stereocenters. The summed E-state index contributed by atoms with van der Waals surface area (Å²) in [7, 11) is 0. The Kier molecular flexibility index (Phi) is 6.48. The Balaban J connectivity index is 1.42. The van der Waals surface area contributed by atoms with E-state index in [9.17, 15) is 4.79 Å². The first kappa shape index (κ1) is 21.9. The van der Waals surface area contributed by atoms with Crippen molar-refractivity contribution in [2.75, 3.05) is 5.32 Å². The maximum Gasteiger partial charge on any atom is 0.279 e. The Bertz CT molecular complexity index is 1270. The van der Waals surface area contributed by atoms with E-state index < -0.39 is 5.91 Å². The number of amides is 1. The van der Waals surface area contributed by atoms with E-state index in [1.807, 2.05) is 37.3 Å². The van der Waals surface area contributed by atoms with Crippen LogP contribution in [0.3, 0.4) is 0 Å². The fourth-order valence-corrected chi connectivity index (χ4v) is 3.44. The van der Waals surface area contributed by atoms with Crippen molar-refractivity contribution in [1.29, 1.82) is 0 Å². The number of anilines is 1. The van der Waals surface area contributed by atoms with Crippen LogP contribution in [0, 0.1) is 13.8 Å². The molecular weight excluding hydrogens is 451 g/mol. The van der Waals surface area contributed by atoms with Gasteiger partial charge in [0, 0.05) is 12.3 Å². The van der Waals surface area contributed by atoms with E-state index in [1.54, 1.807) is 36.0 Å². The second kappa shape index (κ2) is 9.46. The van der Waals surface area contributed by atoms with Crippen LogP contribution in [0.15, 0.2) is 59.3 Å². The van der Waals surface area contributed by atoms with Crippen LogP contribution >= 0.6 is 23.2 Å². The highest BCUT2D eigenvalue weighted by molar-refractivity contribution is 6.42. The van der Waals surface area contributed by atoms with E-state index in [2.05, 4.69) is 15.6 Å². The van der Waals surface area contributed by atoms with Crippen molar-refractivity contribution in [3.8, 4) is 5.75 Å². The van der Waals surface area contributed by atoms with Crippen LogP contribution in [-0.2, 0) is 13.2 Å². The molecule has 1 amide bonds. The van der Waals surface area contributed by atoms with Crippen LogP contribution in [0.4, 0.5) is 5.82 Å². The molecule has 0 bridgehead atoms. The van der Waals surface area contributed by atoms with Gasteiger partial charge >= 0.3 is 0 Å². The minimum absolute atomic E-state index is 0.160. The zero-order valence-electron chi connectivity index (χ0n) is 17.4. The summed E-state index contributed by atoms with van der Waals surface area (Å²) in [4.78, 5) is 12.8. The van der Waals surface area contributed by atoms with Gasteiger partial charge in [-0.15, -0.1) is 0 Å². The summed E-state index contributed by atoms with van der Waals surface area (Å²) in [6, 6.07) is 14.8. The molecule has 0 aliphatic rings. The SMILES string of the molecule is Cc1cccc(OCc2c(C(=O)Nc3ccn(Cc4ccc(Cl)c(Cl)c4)n3)noc2C)c1. The highest BCUT2D eigenvalue weighted by Gasteiger charge is 2.21. The number of hydrogen-bond donors (Lipinski definition) is 1. The van der Waals surface area contributed by atoms with Gasteiger partial charge in [0.2, 0.25) is 0 Å². The molecule has 32 heavy (non-hydrogen) atoms. The number of aryl methyl sites for hydroxylation is 2. The third-order valence-electron chi connectivity index (χ3n) is 4.78. The molecular formula is C23H20Cl2N4O3. The second-order valence-electron chi connectivity index (χ2n) is 7.27. The van der Waals surface area contributed by atoms with Gasteiger partial charge in [-0.25, -0.2) is 0 Å². The van der Waals surface area contributed by atoms with Crippen molar-refractivity contribution >= 4 is 34.9 Å². The number of rotatable bonds is 7. The van der Waals surface area contributed by atoms with E-state index in [4.69, 9.17) is 32.5 Å². The van der Waals surface area contributed by atoms with Crippen LogP contribution < -0.4 is 10.1 Å². The lowest BCUT2D eigenvalue weighted by Gasteiger charge is -2.07. The van der Waals surface area contributed by atoms with Gasteiger partial charge in [0.15, 0.2) is 11.5 Å². The Hall–Kier alpha value is -3.29. The molecule has 2 heterocycles. The van der Waals surface area contributed by atoms with E-state index in [0.29, 0.717) is 39.5 Å². The van der Waals surface area contributed by atoms with Gasteiger partial charge in [0.25, 0.3) is 5.91 Å². The smallest absolute Gasteiger partial charge is 0.279 e. The molecule has 4 aromatic rings. The molecule has 9 heteroatoms. The van der Waals surface area contributed by atoms with Gasteiger partial charge in [-0.2, -0.15) is 5.10 Å². The highest BCUT2D eigenvalue weighted by atomic mass is 35.5. The van der Waals surface area contributed by atoms with Crippen molar-refractivity contribution in [2.24, 2.45) is 0 Å².